The maximum atomic E-state index is 6.33. The molecule has 0 aliphatic rings. The minimum Gasteiger partial charge on any atom is -0.324 e. The highest BCUT2D eigenvalue weighted by molar-refractivity contribution is 6.35. The first-order valence-corrected chi connectivity index (χ1v) is 11.9. The predicted molar refractivity (Wildman–Crippen MR) is 132 cm³/mol. The van der Waals surface area contributed by atoms with Crippen LogP contribution >= 0.6 is 34.8 Å². The molecule has 0 aliphatic heterocycles. The van der Waals surface area contributed by atoms with Gasteiger partial charge in [-0.3, -0.25) is 0 Å². The lowest BCUT2D eigenvalue weighted by atomic mass is 10.3. The summed E-state index contributed by atoms with van der Waals surface area (Å²) in [6.07, 6.45) is 1.80. The Bertz CT molecular complexity index is 1110. The van der Waals surface area contributed by atoms with Crippen molar-refractivity contribution in [1.29, 1.82) is 0 Å². The normalized spacial score (nSPS) is 10.7. The topological polar surface area (TPSA) is 87.2 Å². The second-order valence-electron chi connectivity index (χ2n) is 6.52. The third kappa shape index (κ3) is 5.47. The van der Waals surface area contributed by atoms with Crippen molar-refractivity contribution in [3.63, 3.8) is 0 Å². The Balaban J connectivity index is 0.000000860. The molecule has 0 aliphatic carbocycles. The van der Waals surface area contributed by atoms with Gasteiger partial charge in [-0.25, -0.2) is 24.9 Å². The fourth-order valence-electron chi connectivity index (χ4n) is 3.37. The van der Waals surface area contributed by atoms with Crippen LogP contribution in [0.4, 0.5) is 0 Å². The maximum Gasteiger partial charge on any atom is 0.225 e. The zero-order chi connectivity index (χ0) is 24.0. The molecule has 4 aromatic rings. The largest absolute Gasteiger partial charge is 0.324 e. The number of hydrogen-bond acceptors (Lipinski definition) is 6. The first kappa shape index (κ1) is 26.2. The minimum atomic E-state index is 0.0962. The fraction of sp³-hybridized carbons (Fsp3) is 0.524. The Morgan fingerprint density at radius 1 is 0.594 bits per heavy atom. The molecule has 0 unspecified atom stereocenters. The van der Waals surface area contributed by atoms with E-state index in [1.54, 1.807) is 6.92 Å². The summed E-state index contributed by atoms with van der Waals surface area (Å²) in [5.74, 6) is 2.31. The number of nitrogens with zero attached hydrogens (tertiary/aromatic N) is 8. The van der Waals surface area contributed by atoms with Gasteiger partial charge < -0.3 is 9.13 Å². The zero-order valence-corrected chi connectivity index (χ0v) is 21.8. The van der Waals surface area contributed by atoms with Crippen LogP contribution in [0.15, 0.2) is 0 Å². The lowest BCUT2D eigenvalue weighted by Crippen LogP contribution is -2.06. The van der Waals surface area contributed by atoms with E-state index in [9.17, 15) is 0 Å². The molecule has 0 saturated heterocycles. The predicted octanol–water partition coefficient (Wildman–Crippen LogP) is 6.38. The standard InChI is InChI=1S/C17H17Cl3N8.2C2H6/c1-8-21-13(18)11-15(22-8)23-9(2)27(11)6-4-5-7-28-10(3)24-16-12(28)14(19)25-17(20)26-16;2*1-2/h4-7H2,1-3H3;2*1-2H3. The molecular formula is C21H29Cl3N8. The minimum absolute atomic E-state index is 0.0962. The van der Waals surface area contributed by atoms with Gasteiger partial charge >= 0.3 is 0 Å². The van der Waals surface area contributed by atoms with E-state index >= 15 is 0 Å². The lowest BCUT2D eigenvalue weighted by Gasteiger charge is -2.10. The summed E-state index contributed by atoms with van der Waals surface area (Å²) in [6, 6.07) is 0. The van der Waals surface area contributed by atoms with Crippen LogP contribution in [0.25, 0.3) is 22.3 Å². The third-order valence-electron chi connectivity index (χ3n) is 4.60. The van der Waals surface area contributed by atoms with Gasteiger partial charge in [-0.15, -0.1) is 0 Å². The van der Waals surface area contributed by atoms with Gasteiger partial charge in [0.15, 0.2) is 21.6 Å². The number of fused-ring (bicyclic) bond motifs is 2. The average Bonchev–Trinajstić information content (AvgIpc) is 3.23. The van der Waals surface area contributed by atoms with Gasteiger partial charge in [-0.1, -0.05) is 50.9 Å². The van der Waals surface area contributed by atoms with E-state index in [1.807, 2.05) is 46.1 Å². The van der Waals surface area contributed by atoms with Gasteiger partial charge in [0.25, 0.3) is 0 Å². The summed E-state index contributed by atoms with van der Waals surface area (Å²) in [6.45, 7) is 15.2. The van der Waals surface area contributed by atoms with Crippen LogP contribution in [0.2, 0.25) is 15.6 Å². The Hall–Kier alpha value is -2.03. The molecule has 174 valence electrons. The summed E-state index contributed by atoms with van der Waals surface area (Å²) in [5.41, 5.74) is 2.63. The van der Waals surface area contributed by atoms with Crippen molar-refractivity contribution < 1.29 is 0 Å². The molecule has 4 aromatic heterocycles. The molecule has 0 atom stereocenters. The first-order chi connectivity index (χ1) is 15.3. The van der Waals surface area contributed by atoms with Gasteiger partial charge in [-0.2, -0.15) is 4.98 Å². The Labute approximate surface area is 203 Å². The molecule has 11 heteroatoms. The highest BCUT2D eigenvalue weighted by atomic mass is 35.5. The van der Waals surface area contributed by atoms with Crippen LogP contribution in [0.5, 0.6) is 0 Å². The summed E-state index contributed by atoms with van der Waals surface area (Å²) in [5, 5.41) is 0.839. The van der Waals surface area contributed by atoms with E-state index in [2.05, 4.69) is 34.5 Å². The van der Waals surface area contributed by atoms with Gasteiger partial charge in [0.1, 0.15) is 28.5 Å². The van der Waals surface area contributed by atoms with Crippen molar-refractivity contribution in [3.05, 3.63) is 33.1 Å². The van der Waals surface area contributed by atoms with Crippen molar-refractivity contribution in [3.8, 4) is 0 Å². The number of unbranched alkanes of at least 4 members (excludes halogenated alkanes) is 1. The summed E-state index contributed by atoms with van der Waals surface area (Å²) < 4.78 is 4.08. The Morgan fingerprint density at radius 3 is 1.53 bits per heavy atom. The van der Waals surface area contributed by atoms with Crippen molar-refractivity contribution in [2.75, 3.05) is 0 Å². The van der Waals surface area contributed by atoms with Crippen LogP contribution < -0.4 is 0 Å². The molecule has 0 fully saturated rings. The number of hydrogen-bond donors (Lipinski definition) is 0. The van der Waals surface area contributed by atoms with Gasteiger partial charge in [0, 0.05) is 13.1 Å². The molecule has 0 N–H and O–H groups in total. The number of rotatable bonds is 5. The van der Waals surface area contributed by atoms with Gasteiger partial charge in [0.05, 0.1) is 0 Å². The van der Waals surface area contributed by atoms with E-state index in [0.717, 1.165) is 43.1 Å². The van der Waals surface area contributed by atoms with Crippen LogP contribution in [-0.2, 0) is 13.1 Å². The SMILES string of the molecule is CC.CC.Cc1nc(Cl)c2c(n1)nc(C)n2CCCCn1c(C)nc2nc(Cl)nc(Cl)c21. The third-order valence-corrected chi connectivity index (χ3v) is 5.30. The summed E-state index contributed by atoms with van der Waals surface area (Å²) in [4.78, 5) is 25.7. The van der Waals surface area contributed by atoms with Crippen LogP contribution in [0, 0.1) is 20.8 Å². The second kappa shape index (κ2) is 11.7. The first-order valence-electron chi connectivity index (χ1n) is 10.8. The molecule has 0 aromatic carbocycles. The molecule has 0 spiro atoms. The number of aromatic nitrogens is 8. The molecule has 0 bridgehead atoms. The molecular weight excluding hydrogens is 471 g/mol. The molecule has 0 saturated carbocycles. The Morgan fingerprint density at radius 2 is 1.03 bits per heavy atom. The van der Waals surface area contributed by atoms with E-state index in [1.165, 1.54) is 0 Å². The van der Waals surface area contributed by atoms with Crippen molar-refractivity contribution in [2.45, 2.75) is 74.4 Å². The number of aryl methyl sites for hydroxylation is 5. The monoisotopic (exact) mass is 498 g/mol. The lowest BCUT2D eigenvalue weighted by molar-refractivity contribution is 0.553. The van der Waals surface area contributed by atoms with Gasteiger partial charge in [0.2, 0.25) is 5.28 Å². The molecule has 4 heterocycles. The smallest absolute Gasteiger partial charge is 0.225 e. The number of halogens is 3. The van der Waals surface area contributed by atoms with E-state index in [0.29, 0.717) is 32.9 Å². The van der Waals surface area contributed by atoms with Crippen LogP contribution in [0.1, 0.15) is 58.0 Å². The molecule has 0 radical (unpaired) electrons. The number of imidazole rings is 2. The highest BCUT2D eigenvalue weighted by Crippen LogP contribution is 2.25. The van der Waals surface area contributed by atoms with Gasteiger partial charge in [-0.05, 0) is 45.2 Å². The summed E-state index contributed by atoms with van der Waals surface area (Å²) in [7, 11) is 0. The molecule has 32 heavy (non-hydrogen) atoms. The van der Waals surface area contributed by atoms with E-state index in [4.69, 9.17) is 34.8 Å². The molecule has 4 rings (SSSR count). The Kier molecular flexibility index (Phi) is 9.61. The second-order valence-corrected chi connectivity index (χ2v) is 7.57. The van der Waals surface area contributed by atoms with Crippen LogP contribution in [-0.4, -0.2) is 39.0 Å². The molecule has 0 amide bonds. The van der Waals surface area contributed by atoms with Crippen molar-refractivity contribution in [2.24, 2.45) is 0 Å². The van der Waals surface area contributed by atoms with E-state index < -0.39 is 0 Å². The molecule has 8 nitrogen and oxygen atoms in total. The quantitative estimate of drug-likeness (QED) is 0.180. The summed E-state index contributed by atoms with van der Waals surface area (Å²) >= 11 is 18.5. The van der Waals surface area contributed by atoms with Crippen molar-refractivity contribution >= 4 is 57.1 Å². The zero-order valence-electron chi connectivity index (χ0n) is 19.5. The van der Waals surface area contributed by atoms with Crippen molar-refractivity contribution in [1.82, 2.24) is 39.0 Å². The maximum absolute atomic E-state index is 6.33. The van der Waals surface area contributed by atoms with E-state index in [-0.39, 0.29) is 5.28 Å². The average molecular weight is 500 g/mol. The fourth-order valence-corrected chi connectivity index (χ4v) is 4.15. The highest BCUT2D eigenvalue weighted by Gasteiger charge is 2.16. The van der Waals surface area contributed by atoms with Crippen LogP contribution in [0.3, 0.4) is 0 Å².